The Labute approximate surface area is 173 Å². The molecule has 1 fully saturated rings. The first-order valence-electron chi connectivity index (χ1n) is 10.3. The second-order valence-corrected chi connectivity index (χ2v) is 10.9. The molecular weight excluding hydrogens is 384 g/mol. The minimum atomic E-state index is -3.27. The van der Waals surface area contributed by atoms with Crippen molar-refractivity contribution in [2.24, 2.45) is 0 Å². The fourth-order valence-corrected chi connectivity index (χ4v) is 5.13. The molecule has 0 atom stereocenters. The first-order chi connectivity index (χ1) is 13.8. The van der Waals surface area contributed by atoms with E-state index in [-0.39, 0.29) is 5.91 Å². The van der Waals surface area contributed by atoms with Gasteiger partial charge in [0.05, 0.1) is 16.6 Å². The van der Waals surface area contributed by atoms with E-state index in [2.05, 4.69) is 29.2 Å². The Balaban J connectivity index is 1.30. The van der Waals surface area contributed by atoms with Gasteiger partial charge in [0, 0.05) is 32.2 Å². The van der Waals surface area contributed by atoms with Gasteiger partial charge in [-0.2, -0.15) is 0 Å². The normalized spacial score (nSPS) is 17.8. The summed E-state index contributed by atoms with van der Waals surface area (Å²) in [6.07, 6.45) is 1.39. The quantitative estimate of drug-likeness (QED) is 0.758. The van der Waals surface area contributed by atoms with E-state index in [1.807, 2.05) is 4.90 Å². The van der Waals surface area contributed by atoms with Crippen molar-refractivity contribution < 1.29 is 13.2 Å². The third-order valence-electron chi connectivity index (χ3n) is 6.12. The Morgan fingerprint density at radius 1 is 1.03 bits per heavy atom. The summed E-state index contributed by atoms with van der Waals surface area (Å²) in [4.78, 5) is 17.3. The van der Waals surface area contributed by atoms with Crippen LogP contribution in [0.4, 0.5) is 0 Å². The number of nitrogens with zero attached hydrogens (tertiary/aromatic N) is 2. The van der Waals surface area contributed by atoms with Crippen LogP contribution < -0.4 is 0 Å². The standard InChI is InChI=1S/C23H28N2O3S/c1-17(2)29(27,28)22-9-7-18(8-10-22)13-23(26)25-15-21(16-25)24-12-11-19-5-3-4-6-20(19)14-24/h3-10,17,21H,11-16H2,1-2H3. The number of sulfone groups is 1. The van der Waals surface area contributed by atoms with Crippen LogP contribution in [-0.2, 0) is 34.0 Å². The third-order valence-corrected chi connectivity index (χ3v) is 8.29. The molecule has 0 aromatic heterocycles. The molecule has 2 heterocycles. The maximum atomic E-state index is 12.6. The van der Waals surface area contributed by atoms with Crippen LogP contribution in [0.15, 0.2) is 53.4 Å². The summed E-state index contributed by atoms with van der Waals surface area (Å²) in [5.41, 5.74) is 3.70. The van der Waals surface area contributed by atoms with E-state index in [0.717, 1.165) is 38.2 Å². The lowest BCUT2D eigenvalue weighted by Crippen LogP contribution is -2.61. The second-order valence-electron chi connectivity index (χ2n) is 8.36. The maximum absolute atomic E-state index is 12.6. The molecule has 154 valence electrons. The van der Waals surface area contributed by atoms with Gasteiger partial charge in [0.1, 0.15) is 0 Å². The molecule has 0 unspecified atom stereocenters. The van der Waals surface area contributed by atoms with Gasteiger partial charge in [-0.15, -0.1) is 0 Å². The average Bonchev–Trinajstić information content (AvgIpc) is 2.67. The molecule has 2 aliphatic heterocycles. The second kappa shape index (κ2) is 7.92. The van der Waals surface area contributed by atoms with Gasteiger partial charge in [0.2, 0.25) is 5.91 Å². The Morgan fingerprint density at radius 2 is 1.69 bits per heavy atom. The third kappa shape index (κ3) is 4.09. The van der Waals surface area contributed by atoms with Gasteiger partial charge in [0.25, 0.3) is 0 Å². The molecule has 1 amide bonds. The molecule has 0 bridgehead atoms. The van der Waals surface area contributed by atoms with Crippen LogP contribution in [0.1, 0.15) is 30.5 Å². The van der Waals surface area contributed by atoms with Crippen LogP contribution >= 0.6 is 0 Å². The van der Waals surface area contributed by atoms with Crippen molar-refractivity contribution in [3.05, 3.63) is 65.2 Å². The molecule has 0 spiro atoms. The first-order valence-corrected chi connectivity index (χ1v) is 11.8. The molecule has 2 aromatic carbocycles. The average molecular weight is 413 g/mol. The summed E-state index contributed by atoms with van der Waals surface area (Å²) in [6, 6.07) is 15.8. The SMILES string of the molecule is CC(C)S(=O)(=O)c1ccc(CC(=O)N2CC(N3CCc4ccccc4C3)C2)cc1. The van der Waals surface area contributed by atoms with Gasteiger partial charge in [-0.05, 0) is 49.1 Å². The highest BCUT2D eigenvalue weighted by molar-refractivity contribution is 7.92. The van der Waals surface area contributed by atoms with Crippen molar-refractivity contribution >= 4 is 15.7 Å². The summed E-state index contributed by atoms with van der Waals surface area (Å²) in [7, 11) is -3.27. The highest BCUT2D eigenvalue weighted by Gasteiger charge is 2.35. The molecule has 2 aliphatic rings. The first kappa shape index (κ1) is 20.1. The van der Waals surface area contributed by atoms with Crippen LogP contribution in [0.3, 0.4) is 0 Å². The fourth-order valence-electron chi connectivity index (χ4n) is 4.07. The van der Waals surface area contributed by atoms with E-state index in [0.29, 0.717) is 17.4 Å². The monoisotopic (exact) mass is 412 g/mol. The van der Waals surface area contributed by atoms with E-state index in [1.165, 1.54) is 11.1 Å². The van der Waals surface area contributed by atoms with Gasteiger partial charge in [-0.25, -0.2) is 8.42 Å². The van der Waals surface area contributed by atoms with E-state index in [9.17, 15) is 13.2 Å². The Morgan fingerprint density at radius 3 is 2.34 bits per heavy atom. The van der Waals surface area contributed by atoms with E-state index in [4.69, 9.17) is 0 Å². The van der Waals surface area contributed by atoms with Crippen molar-refractivity contribution in [3.63, 3.8) is 0 Å². The van der Waals surface area contributed by atoms with Crippen molar-refractivity contribution in [1.82, 2.24) is 9.80 Å². The van der Waals surface area contributed by atoms with Crippen LogP contribution in [-0.4, -0.2) is 55.1 Å². The summed E-state index contributed by atoms with van der Waals surface area (Å²) in [5.74, 6) is 0.109. The number of likely N-dealkylation sites (tertiary alicyclic amines) is 1. The summed E-state index contributed by atoms with van der Waals surface area (Å²) >= 11 is 0. The number of carbonyl (C=O) groups is 1. The molecule has 5 nitrogen and oxygen atoms in total. The number of benzene rings is 2. The van der Waals surface area contributed by atoms with Crippen LogP contribution in [0.2, 0.25) is 0 Å². The van der Waals surface area contributed by atoms with Crippen LogP contribution in [0, 0.1) is 0 Å². The summed E-state index contributed by atoms with van der Waals surface area (Å²) < 4.78 is 24.4. The molecule has 6 heteroatoms. The number of fused-ring (bicyclic) bond motifs is 1. The number of hydrogen-bond donors (Lipinski definition) is 0. The predicted octanol–water partition coefficient (Wildman–Crippen LogP) is 2.68. The summed E-state index contributed by atoms with van der Waals surface area (Å²) in [5, 5.41) is -0.449. The van der Waals surface area contributed by atoms with E-state index >= 15 is 0 Å². The molecule has 0 aliphatic carbocycles. The zero-order valence-electron chi connectivity index (χ0n) is 17.0. The van der Waals surface area contributed by atoms with Gasteiger partial charge in [0.15, 0.2) is 9.84 Å². The van der Waals surface area contributed by atoms with Crippen LogP contribution in [0.25, 0.3) is 0 Å². The molecule has 2 aromatic rings. The van der Waals surface area contributed by atoms with Crippen molar-refractivity contribution in [1.29, 1.82) is 0 Å². The molecule has 0 saturated carbocycles. The zero-order valence-corrected chi connectivity index (χ0v) is 17.9. The Bertz CT molecular complexity index is 993. The van der Waals surface area contributed by atoms with Crippen LogP contribution in [0.5, 0.6) is 0 Å². The minimum absolute atomic E-state index is 0.109. The van der Waals surface area contributed by atoms with Gasteiger partial charge >= 0.3 is 0 Å². The Hall–Kier alpha value is -2.18. The molecule has 29 heavy (non-hydrogen) atoms. The minimum Gasteiger partial charge on any atom is -0.339 e. The largest absolute Gasteiger partial charge is 0.339 e. The van der Waals surface area contributed by atoms with Crippen molar-refractivity contribution in [2.45, 2.75) is 49.4 Å². The number of amides is 1. The smallest absolute Gasteiger partial charge is 0.227 e. The van der Waals surface area contributed by atoms with Gasteiger partial charge in [-0.3, -0.25) is 9.69 Å². The number of rotatable bonds is 5. The molecule has 0 radical (unpaired) electrons. The van der Waals surface area contributed by atoms with Gasteiger partial charge in [-0.1, -0.05) is 36.4 Å². The lowest BCUT2D eigenvalue weighted by molar-refractivity contribution is -0.138. The number of carbonyl (C=O) groups excluding carboxylic acids is 1. The molecule has 1 saturated heterocycles. The maximum Gasteiger partial charge on any atom is 0.227 e. The molecule has 4 rings (SSSR count). The van der Waals surface area contributed by atoms with Gasteiger partial charge < -0.3 is 4.90 Å². The molecule has 0 N–H and O–H groups in total. The van der Waals surface area contributed by atoms with E-state index in [1.54, 1.807) is 38.1 Å². The van der Waals surface area contributed by atoms with Crippen molar-refractivity contribution in [3.8, 4) is 0 Å². The fraction of sp³-hybridized carbons (Fsp3) is 0.435. The number of hydrogen-bond acceptors (Lipinski definition) is 4. The topological polar surface area (TPSA) is 57.7 Å². The predicted molar refractivity (Wildman–Crippen MR) is 113 cm³/mol. The highest BCUT2D eigenvalue weighted by atomic mass is 32.2. The van der Waals surface area contributed by atoms with Crippen molar-refractivity contribution in [2.75, 3.05) is 19.6 Å². The Kier molecular flexibility index (Phi) is 5.49. The summed E-state index contributed by atoms with van der Waals surface area (Å²) in [6.45, 7) is 6.92. The highest BCUT2D eigenvalue weighted by Crippen LogP contribution is 2.25. The lowest BCUT2D eigenvalue weighted by Gasteiger charge is -2.47. The lowest BCUT2D eigenvalue weighted by atomic mass is 9.96. The molecular formula is C23H28N2O3S. The van der Waals surface area contributed by atoms with E-state index < -0.39 is 15.1 Å². The zero-order chi connectivity index (χ0) is 20.6.